The van der Waals surface area contributed by atoms with Crippen LogP contribution in [-0.4, -0.2) is 14.9 Å². The molecule has 0 aliphatic carbocycles. The topological polar surface area (TPSA) is 60.7 Å². The molecule has 0 saturated carbocycles. The Morgan fingerprint density at radius 3 is 1.60 bits per heavy atom. The maximum atomic E-state index is 10.3. The Hall–Kier alpha value is -0.0600. The van der Waals surface area contributed by atoms with Crippen LogP contribution in [-0.2, 0) is 24.6 Å². The number of hydrogen-bond donors (Lipinski definition) is 4. The Labute approximate surface area is 196 Å². The predicted octanol–water partition coefficient (Wildman–Crippen LogP) is 8.10. The fraction of sp³-hybridized carbons (Fsp3) is 0.750. The molecule has 30 heavy (non-hydrogen) atoms. The van der Waals surface area contributed by atoms with E-state index in [2.05, 4.69) is 44.0 Å². The first-order chi connectivity index (χ1) is 14.3. The monoisotopic (exact) mass is 476 g/mol. The zero-order valence-electron chi connectivity index (χ0n) is 19.2. The third-order valence-electron chi connectivity index (χ3n) is 5.33. The Morgan fingerprint density at radius 1 is 0.733 bits per heavy atom. The number of hydrogen-bond acceptors (Lipinski definition) is 2. The molecule has 3 N–H and O–H groups in total. The second kappa shape index (κ2) is 19.6. The molecule has 0 saturated heterocycles. The van der Waals surface area contributed by atoms with Gasteiger partial charge in [0.1, 0.15) is 5.75 Å². The number of benzene rings is 1. The Bertz CT molecular complexity index is 567. The number of rotatable bonds is 16. The molecule has 0 bridgehead atoms. The maximum absolute atomic E-state index is 10.3. The van der Waals surface area contributed by atoms with Crippen molar-refractivity contribution in [1.29, 1.82) is 0 Å². The maximum Gasteiger partial charge on any atom is 0.239 e. The Balaban J connectivity index is 0.00000150. The second-order valence-corrected chi connectivity index (χ2v) is 13.2. The SMILES string of the molecule is CCCCCCCCCc1cccc(O)c1CCCCCCCCC.OP(O)(=S)S. The largest absolute Gasteiger partial charge is 0.508 e. The quantitative estimate of drug-likeness (QED) is 0.111. The summed E-state index contributed by atoms with van der Waals surface area (Å²) in [6, 6.07) is 6.11. The van der Waals surface area contributed by atoms with Crippen LogP contribution in [0.4, 0.5) is 0 Å². The van der Waals surface area contributed by atoms with Crippen molar-refractivity contribution in [3.8, 4) is 5.75 Å². The van der Waals surface area contributed by atoms with E-state index in [9.17, 15) is 5.11 Å². The zero-order chi connectivity index (χ0) is 22.7. The van der Waals surface area contributed by atoms with Crippen LogP contribution in [0.25, 0.3) is 0 Å². The van der Waals surface area contributed by atoms with Gasteiger partial charge in [-0.1, -0.05) is 115 Å². The first-order valence-electron chi connectivity index (χ1n) is 11.9. The lowest BCUT2D eigenvalue weighted by molar-refractivity contribution is 0.464. The van der Waals surface area contributed by atoms with E-state index >= 15 is 0 Å². The lowest BCUT2D eigenvalue weighted by atomic mass is 9.95. The standard InChI is InChI=1S/C24H42O.H3O2PS2/c1-3-5-7-9-11-13-15-18-22-19-17-21-24(25)23(22)20-16-14-12-10-8-6-4-2;1-3(2,4)5/h17,19,21,25H,3-16,18,20H2,1-2H3;(H3,1,2,4,5). The highest BCUT2D eigenvalue weighted by molar-refractivity contribution is 8.59. The first kappa shape index (κ1) is 29.9. The lowest BCUT2D eigenvalue weighted by Gasteiger charge is -2.12. The summed E-state index contributed by atoms with van der Waals surface area (Å²) in [6.07, 6.45) is 21.0. The van der Waals surface area contributed by atoms with Gasteiger partial charge in [-0.25, -0.2) is 0 Å². The van der Waals surface area contributed by atoms with Gasteiger partial charge in [-0.15, -0.1) is 0 Å². The van der Waals surface area contributed by atoms with Gasteiger partial charge >= 0.3 is 0 Å². The van der Waals surface area contributed by atoms with Gasteiger partial charge in [-0.2, -0.15) is 0 Å². The van der Waals surface area contributed by atoms with Gasteiger partial charge in [-0.3, -0.25) is 0 Å². The molecule has 0 spiro atoms. The van der Waals surface area contributed by atoms with Crippen molar-refractivity contribution >= 4 is 29.7 Å². The molecule has 0 heterocycles. The third kappa shape index (κ3) is 19.9. The molecule has 0 aromatic heterocycles. The minimum absolute atomic E-state index is 0.520. The van der Waals surface area contributed by atoms with E-state index < -0.39 is 5.69 Å². The predicted molar refractivity (Wildman–Crippen MR) is 139 cm³/mol. The van der Waals surface area contributed by atoms with Crippen LogP contribution in [0.5, 0.6) is 5.75 Å². The number of aryl methyl sites for hydroxylation is 1. The third-order valence-corrected chi connectivity index (χ3v) is 5.33. The van der Waals surface area contributed by atoms with Gasteiger partial charge in [0.05, 0.1) is 0 Å². The molecule has 0 aliphatic heterocycles. The lowest BCUT2D eigenvalue weighted by Crippen LogP contribution is -1.96. The van der Waals surface area contributed by atoms with E-state index in [1.165, 1.54) is 101 Å². The highest BCUT2D eigenvalue weighted by Gasteiger charge is 2.07. The van der Waals surface area contributed by atoms with E-state index in [1.54, 1.807) is 0 Å². The minimum atomic E-state index is -3.11. The molecular formula is C24H45O3PS2. The van der Waals surface area contributed by atoms with Crippen molar-refractivity contribution < 1.29 is 14.9 Å². The fourth-order valence-corrected chi connectivity index (χ4v) is 3.68. The zero-order valence-corrected chi connectivity index (χ0v) is 21.8. The van der Waals surface area contributed by atoms with Crippen LogP contribution in [0.15, 0.2) is 18.2 Å². The molecular weight excluding hydrogens is 431 g/mol. The molecule has 0 amide bonds. The molecule has 0 atom stereocenters. The number of phenolic OH excluding ortho intramolecular Hbond substituents is 1. The highest BCUT2D eigenvalue weighted by Crippen LogP contribution is 2.39. The Kier molecular flexibility index (Phi) is 19.6. The minimum Gasteiger partial charge on any atom is -0.508 e. The molecule has 0 fully saturated rings. The summed E-state index contributed by atoms with van der Waals surface area (Å²) in [6.45, 7) is 4.54. The summed E-state index contributed by atoms with van der Waals surface area (Å²) in [5, 5.41) is 10.3. The molecule has 0 unspecified atom stereocenters. The van der Waals surface area contributed by atoms with E-state index in [0.717, 1.165) is 12.8 Å². The van der Waals surface area contributed by atoms with Crippen molar-refractivity contribution in [2.45, 2.75) is 117 Å². The highest BCUT2D eigenvalue weighted by atomic mass is 32.9. The normalized spacial score (nSPS) is 11.2. The first-order valence-corrected chi connectivity index (χ1v) is 15.7. The average Bonchev–Trinajstić information content (AvgIpc) is 2.67. The van der Waals surface area contributed by atoms with E-state index in [1.807, 2.05) is 12.1 Å². The van der Waals surface area contributed by atoms with Crippen LogP contribution in [0.1, 0.15) is 115 Å². The average molecular weight is 477 g/mol. The van der Waals surface area contributed by atoms with Gasteiger partial charge in [0.2, 0.25) is 5.69 Å². The second-order valence-electron chi connectivity index (χ2n) is 8.17. The van der Waals surface area contributed by atoms with Crippen molar-refractivity contribution in [2.24, 2.45) is 0 Å². The summed E-state index contributed by atoms with van der Waals surface area (Å²) in [7, 11) is 0. The summed E-state index contributed by atoms with van der Waals surface area (Å²) in [5.74, 6) is 0.520. The van der Waals surface area contributed by atoms with E-state index in [4.69, 9.17) is 9.79 Å². The van der Waals surface area contributed by atoms with Crippen LogP contribution in [0, 0.1) is 0 Å². The molecule has 1 aromatic carbocycles. The number of aromatic hydroxyl groups is 1. The van der Waals surface area contributed by atoms with Gasteiger partial charge in [-0.05, 0) is 54.7 Å². The van der Waals surface area contributed by atoms with Crippen molar-refractivity contribution in [3.63, 3.8) is 0 Å². The molecule has 1 aromatic rings. The number of unbranched alkanes of at least 4 members (excludes halogenated alkanes) is 12. The van der Waals surface area contributed by atoms with Crippen molar-refractivity contribution in [1.82, 2.24) is 0 Å². The molecule has 1 rings (SSSR count). The molecule has 6 heteroatoms. The van der Waals surface area contributed by atoms with E-state index in [-0.39, 0.29) is 0 Å². The van der Waals surface area contributed by atoms with Gasteiger partial charge in [0.15, 0.2) is 0 Å². The van der Waals surface area contributed by atoms with Crippen LogP contribution < -0.4 is 0 Å². The molecule has 0 aliphatic rings. The fourth-order valence-electron chi connectivity index (χ4n) is 3.68. The van der Waals surface area contributed by atoms with Gasteiger partial charge < -0.3 is 14.9 Å². The van der Waals surface area contributed by atoms with Crippen LogP contribution in [0.3, 0.4) is 0 Å². The van der Waals surface area contributed by atoms with Crippen LogP contribution >= 0.6 is 17.9 Å². The van der Waals surface area contributed by atoms with Crippen molar-refractivity contribution in [3.05, 3.63) is 29.3 Å². The van der Waals surface area contributed by atoms with E-state index in [0.29, 0.717) is 5.75 Å². The molecule has 3 nitrogen and oxygen atoms in total. The smallest absolute Gasteiger partial charge is 0.239 e. The summed E-state index contributed by atoms with van der Waals surface area (Å²) in [5.41, 5.74) is -0.499. The summed E-state index contributed by atoms with van der Waals surface area (Å²) >= 11 is 7.07. The summed E-state index contributed by atoms with van der Waals surface area (Å²) < 4.78 is 0. The molecule has 0 radical (unpaired) electrons. The number of thiol groups is 1. The Morgan fingerprint density at radius 2 is 1.13 bits per heavy atom. The van der Waals surface area contributed by atoms with Crippen LogP contribution in [0.2, 0.25) is 0 Å². The molecule has 176 valence electrons. The van der Waals surface area contributed by atoms with Crippen molar-refractivity contribution in [2.75, 3.05) is 0 Å². The van der Waals surface area contributed by atoms with Gasteiger partial charge in [0.25, 0.3) is 0 Å². The summed E-state index contributed by atoms with van der Waals surface area (Å²) in [4.78, 5) is 15.7. The number of phenols is 1. The van der Waals surface area contributed by atoms with Gasteiger partial charge in [0, 0.05) is 0 Å².